The highest BCUT2D eigenvalue weighted by Gasteiger charge is 2.01. The summed E-state index contributed by atoms with van der Waals surface area (Å²) in [5.41, 5.74) is 1.32. The van der Waals surface area contributed by atoms with Crippen LogP contribution in [0.4, 0.5) is 0 Å². The average molecular weight is 176 g/mol. The van der Waals surface area contributed by atoms with Crippen molar-refractivity contribution < 1.29 is 4.42 Å². The molecule has 4 nitrogen and oxygen atoms in total. The molecule has 2 aromatic heterocycles. The van der Waals surface area contributed by atoms with Gasteiger partial charge in [-0.25, -0.2) is 4.98 Å². The molecule has 0 unspecified atom stereocenters. The van der Waals surface area contributed by atoms with Gasteiger partial charge >= 0.3 is 0 Å². The first-order valence-corrected chi connectivity index (χ1v) is 3.86. The molecule has 0 amide bonds. The number of aromatic amines is 1. The van der Waals surface area contributed by atoms with Gasteiger partial charge in [-0.15, -0.1) is 0 Å². The molecule has 0 aliphatic rings. The molecule has 4 heteroatoms. The molecule has 0 saturated heterocycles. The molecular formula is C9H8N2O2. The van der Waals surface area contributed by atoms with Gasteiger partial charge in [0.15, 0.2) is 0 Å². The van der Waals surface area contributed by atoms with E-state index in [1.54, 1.807) is 13.0 Å². The number of aryl methyl sites for hydroxylation is 1. The second-order valence-corrected chi connectivity index (χ2v) is 2.75. The van der Waals surface area contributed by atoms with Crippen LogP contribution in [-0.4, -0.2) is 9.97 Å². The number of nitrogens with one attached hydrogen (secondary N) is 1. The highest BCUT2D eigenvalue weighted by Crippen LogP contribution is 2.12. The summed E-state index contributed by atoms with van der Waals surface area (Å²) in [5.74, 6) is 0.541. The Hall–Kier alpha value is -1.84. The predicted molar refractivity (Wildman–Crippen MR) is 47.3 cm³/mol. The molecule has 0 saturated carbocycles. The maximum absolute atomic E-state index is 11.1. The fourth-order valence-corrected chi connectivity index (χ4v) is 1.12. The van der Waals surface area contributed by atoms with Crippen molar-refractivity contribution in [3.8, 4) is 11.4 Å². The lowest BCUT2D eigenvalue weighted by Gasteiger charge is -1.96. The Kier molecular flexibility index (Phi) is 1.73. The second kappa shape index (κ2) is 2.90. The Labute approximate surface area is 74.2 Å². The van der Waals surface area contributed by atoms with Gasteiger partial charge in [0.2, 0.25) is 0 Å². The highest BCUT2D eigenvalue weighted by molar-refractivity contribution is 5.52. The van der Waals surface area contributed by atoms with Crippen molar-refractivity contribution in [3.63, 3.8) is 0 Å². The fraction of sp³-hybridized carbons (Fsp3) is 0.111. The van der Waals surface area contributed by atoms with Gasteiger partial charge in [0, 0.05) is 11.8 Å². The highest BCUT2D eigenvalue weighted by atomic mass is 16.3. The Balaban J connectivity index is 2.59. The van der Waals surface area contributed by atoms with Gasteiger partial charge in [-0.3, -0.25) is 4.79 Å². The molecule has 0 aliphatic carbocycles. The first-order valence-electron chi connectivity index (χ1n) is 3.86. The van der Waals surface area contributed by atoms with Gasteiger partial charge in [-0.05, 0) is 13.0 Å². The summed E-state index contributed by atoms with van der Waals surface area (Å²) in [7, 11) is 0. The zero-order valence-electron chi connectivity index (χ0n) is 7.07. The van der Waals surface area contributed by atoms with E-state index >= 15 is 0 Å². The average Bonchev–Trinajstić information content (AvgIpc) is 2.53. The molecule has 1 N–H and O–H groups in total. The van der Waals surface area contributed by atoms with E-state index in [9.17, 15) is 4.79 Å². The Bertz CT molecular complexity index is 457. The van der Waals surface area contributed by atoms with Crippen LogP contribution in [0.3, 0.4) is 0 Å². The summed E-state index contributed by atoms with van der Waals surface area (Å²) in [4.78, 5) is 17.9. The van der Waals surface area contributed by atoms with Crippen LogP contribution in [-0.2, 0) is 0 Å². The van der Waals surface area contributed by atoms with Crippen LogP contribution in [0.25, 0.3) is 11.4 Å². The molecule has 2 heterocycles. The molecule has 66 valence electrons. The van der Waals surface area contributed by atoms with E-state index in [2.05, 4.69) is 9.97 Å². The van der Waals surface area contributed by atoms with Gasteiger partial charge in [0.1, 0.15) is 12.1 Å². The third-order valence-electron chi connectivity index (χ3n) is 1.66. The molecule has 0 radical (unpaired) electrons. The third kappa shape index (κ3) is 1.51. The molecule has 0 fully saturated rings. The Morgan fingerprint density at radius 3 is 3.00 bits per heavy atom. The smallest absolute Gasteiger partial charge is 0.251 e. The molecular weight excluding hydrogens is 168 g/mol. The number of nitrogens with zero attached hydrogens (tertiary/aromatic N) is 1. The van der Waals surface area contributed by atoms with E-state index in [0.717, 1.165) is 5.56 Å². The molecule has 0 bridgehead atoms. The summed E-state index contributed by atoms with van der Waals surface area (Å²) < 4.78 is 4.89. The van der Waals surface area contributed by atoms with Crippen LogP contribution in [0.5, 0.6) is 0 Å². The van der Waals surface area contributed by atoms with Gasteiger partial charge in [0.05, 0.1) is 11.8 Å². The van der Waals surface area contributed by atoms with Gasteiger partial charge < -0.3 is 9.40 Å². The van der Waals surface area contributed by atoms with Crippen molar-refractivity contribution in [2.75, 3.05) is 0 Å². The predicted octanol–water partition coefficient (Wildman–Crippen LogP) is 1.34. The van der Waals surface area contributed by atoms with Gasteiger partial charge in [-0.1, -0.05) is 0 Å². The molecule has 0 spiro atoms. The van der Waals surface area contributed by atoms with Crippen LogP contribution in [0, 0.1) is 6.92 Å². The van der Waals surface area contributed by atoms with E-state index in [1.807, 2.05) is 0 Å². The van der Waals surface area contributed by atoms with Gasteiger partial charge in [-0.2, -0.15) is 0 Å². The lowest BCUT2D eigenvalue weighted by molar-refractivity contribution is 0.568. The summed E-state index contributed by atoms with van der Waals surface area (Å²) in [6.45, 7) is 1.78. The topological polar surface area (TPSA) is 58.9 Å². The van der Waals surface area contributed by atoms with Crippen LogP contribution < -0.4 is 5.56 Å². The maximum atomic E-state index is 11.1. The van der Waals surface area contributed by atoms with Crippen LogP contribution in [0.1, 0.15) is 5.69 Å². The number of hydrogen-bond acceptors (Lipinski definition) is 3. The minimum Gasteiger partial charge on any atom is -0.472 e. The first kappa shape index (κ1) is 7.79. The summed E-state index contributed by atoms with van der Waals surface area (Å²) in [5, 5.41) is 0. The lowest BCUT2D eigenvalue weighted by Crippen LogP contribution is -2.08. The quantitative estimate of drug-likeness (QED) is 0.713. The molecule has 0 aromatic carbocycles. The largest absolute Gasteiger partial charge is 0.472 e. The SMILES string of the molecule is Cc1cc(=O)[nH]c(-c2ccoc2)n1. The standard InChI is InChI=1S/C9H8N2O2/c1-6-4-8(12)11-9(10-6)7-2-3-13-5-7/h2-5H,1H3,(H,10,11,12). The normalized spacial score (nSPS) is 10.2. The fourth-order valence-electron chi connectivity index (χ4n) is 1.12. The molecule has 2 rings (SSSR count). The maximum Gasteiger partial charge on any atom is 0.251 e. The van der Waals surface area contributed by atoms with Crippen molar-refractivity contribution >= 4 is 0 Å². The number of hydrogen-bond donors (Lipinski definition) is 1. The van der Waals surface area contributed by atoms with Crippen molar-refractivity contribution in [1.82, 2.24) is 9.97 Å². The monoisotopic (exact) mass is 176 g/mol. The Morgan fingerprint density at radius 1 is 1.54 bits per heavy atom. The molecule has 0 aliphatic heterocycles. The number of rotatable bonds is 1. The van der Waals surface area contributed by atoms with Crippen molar-refractivity contribution in [3.05, 3.63) is 40.7 Å². The molecule has 0 atom stereocenters. The van der Waals surface area contributed by atoms with E-state index < -0.39 is 0 Å². The van der Waals surface area contributed by atoms with E-state index in [0.29, 0.717) is 11.5 Å². The number of aromatic nitrogens is 2. The molecule has 2 aromatic rings. The summed E-state index contributed by atoms with van der Waals surface area (Å²) in [6, 6.07) is 3.20. The van der Waals surface area contributed by atoms with Crippen LogP contribution in [0.2, 0.25) is 0 Å². The summed E-state index contributed by atoms with van der Waals surface area (Å²) >= 11 is 0. The van der Waals surface area contributed by atoms with Crippen LogP contribution in [0.15, 0.2) is 33.9 Å². The first-order chi connectivity index (χ1) is 6.25. The summed E-state index contributed by atoms with van der Waals surface area (Å²) in [6.07, 6.45) is 3.08. The zero-order chi connectivity index (χ0) is 9.26. The van der Waals surface area contributed by atoms with E-state index in [4.69, 9.17) is 4.42 Å². The Morgan fingerprint density at radius 2 is 2.38 bits per heavy atom. The van der Waals surface area contributed by atoms with Crippen molar-refractivity contribution in [2.24, 2.45) is 0 Å². The van der Waals surface area contributed by atoms with Gasteiger partial charge in [0.25, 0.3) is 5.56 Å². The zero-order valence-corrected chi connectivity index (χ0v) is 7.07. The van der Waals surface area contributed by atoms with Crippen LogP contribution >= 0.6 is 0 Å². The molecule has 13 heavy (non-hydrogen) atoms. The number of H-pyrrole nitrogens is 1. The third-order valence-corrected chi connectivity index (χ3v) is 1.66. The van der Waals surface area contributed by atoms with E-state index in [-0.39, 0.29) is 5.56 Å². The minimum absolute atomic E-state index is 0.149. The second-order valence-electron chi connectivity index (χ2n) is 2.75. The van der Waals surface area contributed by atoms with Crippen molar-refractivity contribution in [2.45, 2.75) is 6.92 Å². The van der Waals surface area contributed by atoms with E-state index in [1.165, 1.54) is 18.6 Å². The lowest BCUT2D eigenvalue weighted by atomic mass is 10.3. The number of furan rings is 1. The van der Waals surface area contributed by atoms with Crippen molar-refractivity contribution in [1.29, 1.82) is 0 Å². The minimum atomic E-state index is -0.149.